The van der Waals surface area contributed by atoms with Crippen molar-refractivity contribution in [1.29, 1.82) is 0 Å². The van der Waals surface area contributed by atoms with Gasteiger partial charge in [-0.05, 0) is 62.6 Å². The first-order valence-corrected chi connectivity index (χ1v) is 8.42. The van der Waals surface area contributed by atoms with Gasteiger partial charge in [0.1, 0.15) is 0 Å². The van der Waals surface area contributed by atoms with Gasteiger partial charge in [-0.25, -0.2) is 0 Å². The summed E-state index contributed by atoms with van der Waals surface area (Å²) < 4.78 is 0. The maximum absolute atomic E-state index is 6.27. The molecule has 1 saturated heterocycles. The molecule has 0 spiro atoms. The van der Waals surface area contributed by atoms with Crippen LogP contribution in [-0.4, -0.2) is 12.6 Å². The molecule has 0 bridgehead atoms. The molecule has 2 heteroatoms. The fourth-order valence-electron chi connectivity index (χ4n) is 3.96. The molecule has 1 aromatic carbocycles. The standard InChI is InChI=1S/C18H28N2/c1-14-7-5-6-12-20(14)18-13-16(10-11-17(18)19)15-8-3-2-4-9-15/h10-11,13-15H,2-9,12,19H2,1H3. The van der Waals surface area contributed by atoms with Gasteiger partial charge in [0, 0.05) is 12.6 Å². The van der Waals surface area contributed by atoms with E-state index in [1.807, 2.05) is 0 Å². The predicted molar refractivity (Wildman–Crippen MR) is 87.3 cm³/mol. The van der Waals surface area contributed by atoms with Crippen molar-refractivity contribution in [3.05, 3.63) is 23.8 Å². The highest BCUT2D eigenvalue weighted by Crippen LogP contribution is 2.37. The number of benzene rings is 1. The van der Waals surface area contributed by atoms with E-state index in [1.165, 1.54) is 69.2 Å². The summed E-state index contributed by atoms with van der Waals surface area (Å²) in [5, 5.41) is 0. The third-order valence-electron chi connectivity index (χ3n) is 5.24. The Kier molecular flexibility index (Phi) is 4.18. The van der Waals surface area contributed by atoms with Crippen LogP contribution in [0.25, 0.3) is 0 Å². The Bertz CT molecular complexity index is 449. The summed E-state index contributed by atoms with van der Waals surface area (Å²) in [5.41, 5.74) is 10.0. The van der Waals surface area contributed by atoms with Gasteiger partial charge < -0.3 is 10.6 Å². The third kappa shape index (κ3) is 2.79. The van der Waals surface area contributed by atoms with E-state index >= 15 is 0 Å². The summed E-state index contributed by atoms with van der Waals surface area (Å²) in [7, 11) is 0. The normalized spacial score (nSPS) is 24.9. The number of hydrogen-bond acceptors (Lipinski definition) is 2. The second-order valence-corrected chi connectivity index (χ2v) is 6.69. The van der Waals surface area contributed by atoms with Gasteiger partial charge in [-0.15, -0.1) is 0 Å². The minimum absolute atomic E-state index is 0.632. The zero-order valence-corrected chi connectivity index (χ0v) is 12.8. The van der Waals surface area contributed by atoms with Crippen LogP contribution in [0.5, 0.6) is 0 Å². The van der Waals surface area contributed by atoms with Gasteiger partial charge in [-0.3, -0.25) is 0 Å². The van der Waals surface area contributed by atoms with Crippen molar-refractivity contribution >= 4 is 11.4 Å². The Morgan fingerprint density at radius 2 is 1.75 bits per heavy atom. The lowest BCUT2D eigenvalue weighted by Crippen LogP contribution is -2.37. The summed E-state index contributed by atoms with van der Waals surface area (Å²) >= 11 is 0. The molecule has 2 fully saturated rings. The minimum atomic E-state index is 0.632. The summed E-state index contributed by atoms with van der Waals surface area (Å²) in [5.74, 6) is 0.767. The molecule has 1 aliphatic heterocycles. The molecule has 1 aromatic rings. The molecule has 0 radical (unpaired) electrons. The van der Waals surface area contributed by atoms with Crippen LogP contribution in [0.3, 0.4) is 0 Å². The van der Waals surface area contributed by atoms with E-state index in [0.29, 0.717) is 6.04 Å². The molecule has 2 nitrogen and oxygen atoms in total. The zero-order valence-electron chi connectivity index (χ0n) is 12.8. The van der Waals surface area contributed by atoms with Crippen LogP contribution in [0.2, 0.25) is 0 Å². The first kappa shape index (κ1) is 13.8. The van der Waals surface area contributed by atoms with Crippen LogP contribution in [0.1, 0.15) is 69.8 Å². The van der Waals surface area contributed by atoms with Crippen LogP contribution in [0.15, 0.2) is 18.2 Å². The monoisotopic (exact) mass is 272 g/mol. The summed E-state index contributed by atoms with van der Waals surface area (Å²) in [6, 6.07) is 7.43. The van der Waals surface area contributed by atoms with Gasteiger partial charge in [-0.1, -0.05) is 25.3 Å². The highest BCUT2D eigenvalue weighted by molar-refractivity contribution is 5.69. The van der Waals surface area contributed by atoms with Crippen LogP contribution >= 0.6 is 0 Å². The van der Waals surface area contributed by atoms with Gasteiger partial charge >= 0.3 is 0 Å². The highest BCUT2D eigenvalue weighted by Gasteiger charge is 2.22. The Morgan fingerprint density at radius 3 is 2.50 bits per heavy atom. The van der Waals surface area contributed by atoms with E-state index in [2.05, 4.69) is 30.0 Å². The Morgan fingerprint density at radius 1 is 1.00 bits per heavy atom. The molecule has 0 amide bonds. The van der Waals surface area contributed by atoms with Crippen molar-refractivity contribution in [2.75, 3.05) is 17.2 Å². The molecule has 1 atom stereocenters. The number of nitrogens with two attached hydrogens (primary N) is 1. The molecule has 20 heavy (non-hydrogen) atoms. The lowest BCUT2D eigenvalue weighted by Gasteiger charge is -2.36. The van der Waals surface area contributed by atoms with E-state index in [4.69, 9.17) is 5.73 Å². The Labute approximate surface area is 123 Å². The van der Waals surface area contributed by atoms with Crippen molar-refractivity contribution in [3.8, 4) is 0 Å². The van der Waals surface area contributed by atoms with Crippen LogP contribution in [-0.2, 0) is 0 Å². The third-order valence-corrected chi connectivity index (χ3v) is 5.24. The number of hydrogen-bond donors (Lipinski definition) is 1. The zero-order chi connectivity index (χ0) is 13.9. The second-order valence-electron chi connectivity index (χ2n) is 6.69. The number of piperidine rings is 1. The quantitative estimate of drug-likeness (QED) is 0.791. The first-order chi connectivity index (χ1) is 9.75. The van der Waals surface area contributed by atoms with E-state index in [0.717, 1.165) is 11.6 Å². The van der Waals surface area contributed by atoms with Gasteiger partial charge in [0.2, 0.25) is 0 Å². The Hall–Kier alpha value is -1.18. The molecular formula is C18H28N2. The number of nitrogen functional groups attached to an aromatic ring is 1. The average molecular weight is 272 g/mol. The number of nitrogens with zero attached hydrogens (tertiary/aromatic N) is 1. The fraction of sp³-hybridized carbons (Fsp3) is 0.667. The average Bonchev–Trinajstić information content (AvgIpc) is 2.49. The molecule has 110 valence electrons. The lowest BCUT2D eigenvalue weighted by molar-refractivity contribution is 0.443. The topological polar surface area (TPSA) is 29.3 Å². The van der Waals surface area contributed by atoms with Gasteiger partial charge in [-0.2, -0.15) is 0 Å². The lowest BCUT2D eigenvalue weighted by atomic mass is 9.83. The number of rotatable bonds is 2. The molecule has 2 N–H and O–H groups in total. The van der Waals surface area contributed by atoms with Gasteiger partial charge in [0.15, 0.2) is 0 Å². The Balaban J connectivity index is 1.85. The second kappa shape index (κ2) is 6.07. The van der Waals surface area contributed by atoms with Crippen molar-refractivity contribution in [2.24, 2.45) is 0 Å². The smallest absolute Gasteiger partial charge is 0.0605 e. The van der Waals surface area contributed by atoms with Crippen LogP contribution < -0.4 is 10.6 Å². The van der Waals surface area contributed by atoms with Gasteiger partial charge in [0.25, 0.3) is 0 Å². The van der Waals surface area contributed by atoms with E-state index in [1.54, 1.807) is 0 Å². The molecule has 0 aromatic heterocycles. The van der Waals surface area contributed by atoms with Crippen LogP contribution in [0, 0.1) is 0 Å². The molecule has 1 aliphatic carbocycles. The predicted octanol–water partition coefficient (Wildman–Crippen LogP) is 4.70. The molecule has 1 saturated carbocycles. The number of anilines is 2. The minimum Gasteiger partial charge on any atom is -0.397 e. The fourth-order valence-corrected chi connectivity index (χ4v) is 3.96. The van der Waals surface area contributed by atoms with Crippen LogP contribution in [0.4, 0.5) is 11.4 Å². The van der Waals surface area contributed by atoms with Gasteiger partial charge in [0.05, 0.1) is 11.4 Å². The van der Waals surface area contributed by atoms with E-state index in [9.17, 15) is 0 Å². The molecule has 2 aliphatic rings. The maximum atomic E-state index is 6.27. The SMILES string of the molecule is CC1CCCCN1c1cc(C2CCCCC2)ccc1N. The molecular weight excluding hydrogens is 244 g/mol. The summed E-state index contributed by atoms with van der Waals surface area (Å²) in [6.45, 7) is 3.51. The molecule has 1 unspecified atom stereocenters. The molecule has 1 heterocycles. The summed E-state index contributed by atoms with van der Waals surface area (Å²) in [4.78, 5) is 2.53. The van der Waals surface area contributed by atoms with Crippen molar-refractivity contribution in [3.63, 3.8) is 0 Å². The van der Waals surface area contributed by atoms with Crippen molar-refractivity contribution < 1.29 is 0 Å². The molecule has 3 rings (SSSR count). The van der Waals surface area contributed by atoms with E-state index < -0.39 is 0 Å². The largest absolute Gasteiger partial charge is 0.397 e. The van der Waals surface area contributed by atoms with Crippen molar-refractivity contribution in [2.45, 2.75) is 70.3 Å². The highest BCUT2D eigenvalue weighted by atomic mass is 15.2. The first-order valence-electron chi connectivity index (χ1n) is 8.42. The maximum Gasteiger partial charge on any atom is 0.0605 e. The summed E-state index contributed by atoms with van der Waals surface area (Å²) in [6.07, 6.45) is 10.9. The van der Waals surface area contributed by atoms with E-state index in [-0.39, 0.29) is 0 Å². The van der Waals surface area contributed by atoms with Crippen molar-refractivity contribution in [1.82, 2.24) is 0 Å².